The molecule has 0 spiro atoms. The Hall–Kier alpha value is -2.31. The van der Waals surface area contributed by atoms with Gasteiger partial charge in [0.05, 0.1) is 12.8 Å². The first-order chi connectivity index (χ1) is 13.8. The number of hydrogen-bond acceptors (Lipinski definition) is 6. The maximum absolute atomic E-state index is 5.61. The summed E-state index contributed by atoms with van der Waals surface area (Å²) in [7, 11) is 1.67. The van der Waals surface area contributed by atoms with E-state index >= 15 is 0 Å². The van der Waals surface area contributed by atoms with Gasteiger partial charge in [0.2, 0.25) is 12.5 Å². The second-order valence-electron chi connectivity index (χ2n) is 7.45. The molecule has 2 aliphatic heterocycles. The molecule has 0 N–H and O–H groups in total. The fourth-order valence-corrected chi connectivity index (χ4v) is 4.26. The number of likely N-dealkylation sites (N-methyl/N-ethyl adjacent to an activating group) is 1. The Morgan fingerprint density at radius 3 is 2.96 bits per heavy atom. The van der Waals surface area contributed by atoms with Crippen LogP contribution in [0.2, 0.25) is 0 Å². The molecule has 1 aromatic carbocycles. The molecule has 1 saturated heterocycles. The maximum atomic E-state index is 5.61. The molecule has 0 amide bonds. The van der Waals surface area contributed by atoms with Crippen LogP contribution in [0, 0.1) is 0 Å². The molecule has 0 aliphatic carbocycles. The number of aromatic nitrogens is 1. The van der Waals surface area contributed by atoms with Gasteiger partial charge >= 0.3 is 0 Å². The molecular formula is C22H29N3O3. The van der Waals surface area contributed by atoms with Crippen molar-refractivity contribution >= 4 is 0 Å². The quantitative estimate of drug-likeness (QED) is 0.697. The number of nitrogens with zero attached hydrogens (tertiary/aromatic N) is 3. The van der Waals surface area contributed by atoms with E-state index in [-0.39, 0.29) is 6.79 Å². The summed E-state index contributed by atoms with van der Waals surface area (Å²) in [5.41, 5.74) is 2.26. The smallest absolute Gasteiger partial charge is 0.231 e. The average Bonchev–Trinajstić information content (AvgIpc) is 3.37. The highest BCUT2D eigenvalue weighted by molar-refractivity contribution is 5.55. The van der Waals surface area contributed by atoms with Gasteiger partial charge in [0, 0.05) is 31.9 Å². The molecule has 2 aromatic rings. The second kappa shape index (κ2) is 8.80. The van der Waals surface area contributed by atoms with Crippen molar-refractivity contribution in [1.82, 2.24) is 14.8 Å². The standard InChI is InChI=1S/C22H29N3O3/c1-3-25-10-6-8-19(25)15-24(14-18-7-4-5-9-23-18)13-17-11-20(26-2)22-21(12-17)27-16-28-22/h4-5,7,9,11-12,19H,3,6,8,10,13-16H2,1-2H3/t19-/m0/s1. The minimum Gasteiger partial charge on any atom is -0.493 e. The van der Waals surface area contributed by atoms with Crippen molar-refractivity contribution in [1.29, 1.82) is 0 Å². The third kappa shape index (κ3) is 4.23. The van der Waals surface area contributed by atoms with Crippen molar-refractivity contribution in [2.45, 2.75) is 38.9 Å². The molecule has 1 fully saturated rings. The number of likely N-dealkylation sites (tertiary alicyclic amines) is 1. The molecule has 0 bridgehead atoms. The van der Waals surface area contributed by atoms with Crippen LogP contribution >= 0.6 is 0 Å². The summed E-state index contributed by atoms with van der Waals surface area (Å²) in [6.45, 7) is 7.49. The van der Waals surface area contributed by atoms with Crippen LogP contribution in [-0.4, -0.2) is 54.4 Å². The summed E-state index contributed by atoms with van der Waals surface area (Å²) in [5, 5.41) is 0. The molecule has 3 heterocycles. The van der Waals surface area contributed by atoms with Crippen molar-refractivity contribution < 1.29 is 14.2 Å². The molecule has 6 heteroatoms. The van der Waals surface area contributed by atoms with Gasteiger partial charge in [0.15, 0.2) is 11.5 Å². The molecule has 0 radical (unpaired) electrons. The Morgan fingerprint density at radius 1 is 1.25 bits per heavy atom. The first-order valence-electron chi connectivity index (χ1n) is 10.1. The van der Waals surface area contributed by atoms with E-state index in [2.05, 4.69) is 46.0 Å². The van der Waals surface area contributed by atoms with E-state index in [0.29, 0.717) is 11.8 Å². The summed E-state index contributed by atoms with van der Waals surface area (Å²) in [5.74, 6) is 2.21. The minimum atomic E-state index is 0.250. The summed E-state index contributed by atoms with van der Waals surface area (Å²) in [4.78, 5) is 9.61. The average molecular weight is 383 g/mol. The summed E-state index contributed by atoms with van der Waals surface area (Å²) < 4.78 is 16.7. The Kier molecular flexibility index (Phi) is 5.98. The lowest BCUT2D eigenvalue weighted by Crippen LogP contribution is -2.39. The lowest BCUT2D eigenvalue weighted by Gasteiger charge is -2.30. The number of hydrogen-bond donors (Lipinski definition) is 0. The third-order valence-corrected chi connectivity index (χ3v) is 5.61. The molecular weight excluding hydrogens is 354 g/mol. The predicted molar refractivity (Wildman–Crippen MR) is 108 cm³/mol. The molecule has 1 aromatic heterocycles. The van der Waals surface area contributed by atoms with Gasteiger partial charge in [-0.1, -0.05) is 13.0 Å². The molecule has 28 heavy (non-hydrogen) atoms. The molecule has 2 aliphatic rings. The van der Waals surface area contributed by atoms with Crippen LogP contribution in [0.4, 0.5) is 0 Å². The van der Waals surface area contributed by atoms with Gasteiger partial charge < -0.3 is 14.2 Å². The van der Waals surface area contributed by atoms with Gasteiger partial charge in [-0.2, -0.15) is 0 Å². The summed E-state index contributed by atoms with van der Waals surface area (Å²) in [6, 6.07) is 10.8. The largest absolute Gasteiger partial charge is 0.493 e. The van der Waals surface area contributed by atoms with E-state index in [1.165, 1.54) is 19.4 Å². The Morgan fingerprint density at radius 2 is 2.18 bits per heavy atom. The molecule has 4 rings (SSSR count). The topological polar surface area (TPSA) is 47.1 Å². The second-order valence-corrected chi connectivity index (χ2v) is 7.45. The molecule has 0 saturated carbocycles. The van der Waals surface area contributed by atoms with Crippen molar-refractivity contribution in [2.24, 2.45) is 0 Å². The molecule has 1 atom stereocenters. The van der Waals surface area contributed by atoms with Crippen LogP contribution in [0.3, 0.4) is 0 Å². The fraction of sp³-hybridized carbons (Fsp3) is 0.500. The van der Waals surface area contributed by atoms with E-state index < -0.39 is 0 Å². The normalized spacial score (nSPS) is 18.8. The number of ether oxygens (including phenoxy) is 3. The third-order valence-electron chi connectivity index (χ3n) is 5.61. The van der Waals surface area contributed by atoms with Gasteiger partial charge in [0.1, 0.15) is 0 Å². The monoisotopic (exact) mass is 383 g/mol. The van der Waals surface area contributed by atoms with Crippen molar-refractivity contribution in [3.63, 3.8) is 0 Å². The van der Waals surface area contributed by atoms with Gasteiger partial charge in [-0.05, 0) is 55.8 Å². The van der Waals surface area contributed by atoms with E-state index in [1.807, 2.05) is 12.3 Å². The Labute approximate surface area is 167 Å². The zero-order chi connectivity index (χ0) is 19.3. The van der Waals surface area contributed by atoms with E-state index in [1.54, 1.807) is 7.11 Å². The number of benzene rings is 1. The zero-order valence-corrected chi connectivity index (χ0v) is 16.8. The van der Waals surface area contributed by atoms with E-state index in [0.717, 1.165) is 48.9 Å². The number of pyridine rings is 1. The molecule has 0 unspecified atom stereocenters. The maximum Gasteiger partial charge on any atom is 0.231 e. The fourth-order valence-electron chi connectivity index (χ4n) is 4.26. The van der Waals surface area contributed by atoms with Crippen molar-refractivity contribution in [3.8, 4) is 17.2 Å². The van der Waals surface area contributed by atoms with Crippen molar-refractivity contribution in [2.75, 3.05) is 33.5 Å². The highest BCUT2D eigenvalue weighted by atomic mass is 16.7. The van der Waals surface area contributed by atoms with Crippen LogP contribution in [0.5, 0.6) is 17.2 Å². The Balaban J connectivity index is 1.55. The predicted octanol–water partition coefficient (Wildman–Crippen LogP) is 3.31. The first kappa shape index (κ1) is 19.0. The van der Waals surface area contributed by atoms with E-state index in [9.17, 15) is 0 Å². The highest BCUT2D eigenvalue weighted by Gasteiger charge is 2.26. The van der Waals surface area contributed by atoms with Crippen LogP contribution in [0.25, 0.3) is 0 Å². The van der Waals surface area contributed by atoms with Crippen LogP contribution in [0.15, 0.2) is 36.5 Å². The number of methoxy groups -OCH3 is 1. The minimum absolute atomic E-state index is 0.250. The Bertz CT molecular complexity index is 784. The summed E-state index contributed by atoms with van der Waals surface area (Å²) >= 11 is 0. The van der Waals surface area contributed by atoms with Crippen LogP contribution < -0.4 is 14.2 Å². The van der Waals surface area contributed by atoms with E-state index in [4.69, 9.17) is 14.2 Å². The number of rotatable bonds is 8. The van der Waals surface area contributed by atoms with Crippen LogP contribution in [0.1, 0.15) is 31.0 Å². The number of fused-ring (bicyclic) bond motifs is 1. The first-order valence-corrected chi connectivity index (χ1v) is 10.1. The van der Waals surface area contributed by atoms with Gasteiger partial charge in [-0.15, -0.1) is 0 Å². The van der Waals surface area contributed by atoms with Gasteiger partial charge in [-0.25, -0.2) is 0 Å². The van der Waals surface area contributed by atoms with Crippen LogP contribution in [-0.2, 0) is 13.1 Å². The molecule has 150 valence electrons. The van der Waals surface area contributed by atoms with Gasteiger partial charge in [0.25, 0.3) is 0 Å². The zero-order valence-electron chi connectivity index (χ0n) is 16.8. The summed E-state index contributed by atoms with van der Waals surface area (Å²) in [6.07, 6.45) is 4.41. The van der Waals surface area contributed by atoms with Crippen molar-refractivity contribution in [3.05, 3.63) is 47.8 Å². The SMILES string of the molecule is CCN1CCC[C@H]1CN(Cc1cc(OC)c2c(c1)OCO2)Cc1ccccn1. The highest BCUT2D eigenvalue weighted by Crippen LogP contribution is 2.42. The molecule has 6 nitrogen and oxygen atoms in total. The lowest BCUT2D eigenvalue weighted by molar-refractivity contribution is 0.164. The van der Waals surface area contributed by atoms with Gasteiger partial charge in [-0.3, -0.25) is 14.8 Å². The lowest BCUT2D eigenvalue weighted by atomic mass is 10.1.